The largest absolute Gasteiger partial charge is 0.495 e. The van der Waals surface area contributed by atoms with Crippen molar-refractivity contribution in [3.05, 3.63) is 48.0 Å². The summed E-state index contributed by atoms with van der Waals surface area (Å²) in [6, 6.07) is 7.30. The highest BCUT2D eigenvalue weighted by molar-refractivity contribution is 5.64. The molecule has 3 nitrogen and oxygen atoms in total. The highest BCUT2D eigenvalue weighted by Gasteiger charge is 2.07. The molecule has 1 aromatic carbocycles. The van der Waals surface area contributed by atoms with Crippen molar-refractivity contribution in [3.63, 3.8) is 0 Å². The second-order valence-corrected chi connectivity index (χ2v) is 4.96. The Hall–Kier alpha value is -1.94. The van der Waals surface area contributed by atoms with Gasteiger partial charge in [0.05, 0.1) is 13.3 Å². The van der Waals surface area contributed by atoms with Crippen LogP contribution in [0.15, 0.2) is 36.7 Å². The first-order valence-corrected chi connectivity index (χ1v) is 6.61. The van der Waals surface area contributed by atoms with Crippen LogP contribution in [0, 0.1) is 5.82 Å². The van der Waals surface area contributed by atoms with Crippen LogP contribution in [0.3, 0.4) is 0 Å². The SMILES string of the molecule is COc1cncc(-c2ccc(F)c(CNC(C)C)c2)c1. The van der Waals surface area contributed by atoms with E-state index in [1.54, 1.807) is 25.6 Å². The van der Waals surface area contributed by atoms with Crippen molar-refractivity contribution in [1.82, 2.24) is 10.3 Å². The molecule has 2 aromatic rings. The number of halogens is 1. The molecule has 0 amide bonds. The molecule has 1 N–H and O–H groups in total. The average molecular weight is 274 g/mol. The van der Waals surface area contributed by atoms with Crippen molar-refractivity contribution in [2.24, 2.45) is 0 Å². The van der Waals surface area contributed by atoms with Crippen LogP contribution >= 0.6 is 0 Å². The first-order chi connectivity index (χ1) is 9.60. The van der Waals surface area contributed by atoms with Crippen LogP contribution in [0.5, 0.6) is 5.75 Å². The number of nitrogens with zero attached hydrogens (tertiary/aromatic N) is 1. The number of rotatable bonds is 5. The third-order valence-corrected chi connectivity index (χ3v) is 3.03. The molecule has 0 bridgehead atoms. The van der Waals surface area contributed by atoms with Gasteiger partial charge in [0.25, 0.3) is 0 Å². The van der Waals surface area contributed by atoms with Crippen LogP contribution in [-0.4, -0.2) is 18.1 Å². The summed E-state index contributed by atoms with van der Waals surface area (Å²) < 4.78 is 19.0. The Labute approximate surface area is 118 Å². The molecule has 0 spiro atoms. The van der Waals surface area contributed by atoms with E-state index in [1.807, 2.05) is 26.0 Å². The summed E-state index contributed by atoms with van der Waals surface area (Å²) in [4.78, 5) is 4.12. The summed E-state index contributed by atoms with van der Waals surface area (Å²) in [7, 11) is 1.60. The van der Waals surface area contributed by atoms with Gasteiger partial charge in [0.1, 0.15) is 11.6 Å². The lowest BCUT2D eigenvalue weighted by atomic mass is 10.0. The maximum Gasteiger partial charge on any atom is 0.137 e. The number of benzene rings is 1. The van der Waals surface area contributed by atoms with E-state index in [2.05, 4.69) is 10.3 Å². The quantitative estimate of drug-likeness (QED) is 0.907. The number of hydrogen-bond acceptors (Lipinski definition) is 3. The zero-order valence-corrected chi connectivity index (χ0v) is 12.0. The Morgan fingerprint density at radius 3 is 2.70 bits per heavy atom. The van der Waals surface area contributed by atoms with Gasteiger partial charge in [-0.1, -0.05) is 19.9 Å². The van der Waals surface area contributed by atoms with Crippen LogP contribution in [0.4, 0.5) is 4.39 Å². The van der Waals surface area contributed by atoms with Crippen LogP contribution in [0.25, 0.3) is 11.1 Å². The van der Waals surface area contributed by atoms with Crippen LogP contribution in [-0.2, 0) is 6.54 Å². The fourth-order valence-corrected chi connectivity index (χ4v) is 1.89. The summed E-state index contributed by atoms with van der Waals surface area (Å²) in [5.74, 6) is 0.492. The number of methoxy groups -OCH3 is 1. The van der Waals surface area contributed by atoms with E-state index in [9.17, 15) is 4.39 Å². The summed E-state index contributed by atoms with van der Waals surface area (Å²) in [6.07, 6.45) is 3.39. The highest BCUT2D eigenvalue weighted by atomic mass is 19.1. The Kier molecular flexibility index (Phi) is 4.69. The standard InChI is InChI=1S/C16H19FN2O/c1-11(2)19-9-14-6-12(4-5-16(14)17)13-7-15(20-3)10-18-8-13/h4-8,10-11,19H,9H2,1-3H3. The van der Waals surface area contributed by atoms with E-state index in [4.69, 9.17) is 4.74 Å². The van der Waals surface area contributed by atoms with Gasteiger partial charge in [-0.3, -0.25) is 4.98 Å². The third kappa shape index (κ3) is 3.54. The third-order valence-electron chi connectivity index (χ3n) is 3.03. The lowest BCUT2D eigenvalue weighted by molar-refractivity contribution is 0.413. The number of ether oxygens (including phenoxy) is 1. The fraction of sp³-hybridized carbons (Fsp3) is 0.312. The number of pyridine rings is 1. The molecule has 106 valence electrons. The predicted octanol–water partition coefficient (Wildman–Crippen LogP) is 3.39. The molecule has 0 atom stereocenters. The molecule has 0 saturated heterocycles. The van der Waals surface area contributed by atoms with E-state index < -0.39 is 0 Å². The normalized spacial score (nSPS) is 10.8. The maximum atomic E-state index is 13.8. The molecule has 20 heavy (non-hydrogen) atoms. The Bertz CT molecular complexity index is 584. The summed E-state index contributed by atoms with van der Waals surface area (Å²) in [6.45, 7) is 4.58. The molecule has 0 aliphatic rings. The van der Waals surface area contributed by atoms with Gasteiger partial charge in [-0.05, 0) is 23.8 Å². The molecule has 0 radical (unpaired) electrons. The number of hydrogen-bond donors (Lipinski definition) is 1. The molecule has 0 unspecified atom stereocenters. The minimum atomic E-state index is -0.197. The average Bonchev–Trinajstić information content (AvgIpc) is 2.46. The highest BCUT2D eigenvalue weighted by Crippen LogP contribution is 2.24. The monoisotopic (exact) mass is 274 g/mol. The molecule has 1 aromatic heterocycles. The molecule has 2 rings (SSSR count). The van der Waals surface area contributed by atoms with Crippen LogP contribution < -0.4 is 10.1 Å². The predicted molar refractivity (Wildman–Crippen MR) is 78.2 cm³/mol. The van der Waals surface area contributed by atoms with E-state index in [1.165, 1.54) is 6.07 Å². The van der Waals surface area contributed by atoms with Crippen LogP contribution in [0.1, 0.15) is 19.4 Å². The van der Waals surface area contributed by atoms with Gasteiger partial charge in [-0.2, -0.15) is 0 Å². The second kappa shape index (κ2) is 6.48. The minimum Gasteiger partial charge on any atom is -0.495 e. The van der Waals surface area contributed by atoms with E-state index in [0.717, 1.165) is 11.1 Å². The van der Waals surface area contributed by atoms with E-state index in [0.29, 0.717) is 23.9 Å². The van der Waals surface area contributed by atoms with Crippen molar-refractivity contribution in [1.29, 1.82) is 0 Å². The molecule has 0 fully saturated rings. The molecule has 0 aliphatic heterocycles. The van der Waals surface area contributed by atoms with Crippen molar-refractivity contribution in [2.75, 3.05) is 7.11 Å². The summed E-state index contributed by atoms with van der Waals surface area (Å²) >= 11 is 0. The maximum absolute atomic E-state index is 13.8. The summed E-state index contributed by atoms with van der Waals surface area (Å²) in [5, 5.41) is 3.22. The molecule has 0 saturated carbocycles. The van der Waals surface area contributed by atoms with E-state index in [-0.39, 0.29) is 5.82 Å². The molecule has 1 heterocycles. The Morgan fingerprint density at radius 1 is 1.20 bits per heavy atom. The van der Waals surface area contributed by atoms with Gasteiger partial charge in [-0.15, -0.1) is 0 Å². The van der Waals surface area contributed by atoms with Crippen molar-refractivity contribution in [2.45, 2.75) is 26.4 Å². The Morgan fingerprint density at radius 2 is 2.00 bits per heavy atom. The van der Waals surface area contributed by atoms with Gasteiger partial charge >= 0.3 is 0 Å². The molecular formula is C16H19FN2O. The van der Waals surface area contributed by atoms with Crippen molar-refractivity contribution in [3.8, 4) is 16.9 Å². The van der Waals surface area contributed by atoms with Gasteiger partial charge in [0.2, 0.25) is 0 Å². The van der Waals surface area contributed by atoms with Gasteiger partial charge in [0, 0.05) is 29.9 Å². The molecular weight excluding hydrogens is 255 g/mol. The van der Waals surface area contributed by atoms with Crippen molar-refractivity contribution >= 4 is 0 Å². The second-order valence-electron chi connectivity index (χ2n) is 4.96. The zero-order chi connectivity index (χ0) is 14.5. The van der Waals surface area contributed by atoms with Crippen molar-refractivity contribution < 1.29 is 9.13 Å². The zero-order valence-electron chi connectivity index (χ0n) is 12.0. The van der Waals surface area contributed by atoms with Gasteiger partial charge in [-0.25, -0.2) is 4.39 Å². The molecule has 4 heteroatoms. The minimum absolute atomic E-state index is 0.197. The molecule has 0 aliphatic carbocycles. The number of aromatic nitrogens is 1. The lowest BCUT2D eigenvalue weighted by Crippen LogP contribution is -2.22. The summed E-state index contributed by atoms with van der Waals surface area (Å²) in [5.41, 5.74) is 2.49. The van der Waals surface area contributed by atoms with Crippen LogP contribution in [0.2, 0.25) is 0 Å². The lowest BCUT2D eigenvalue weighted by Gasteiger charge is -2.11. The smallest absolute Gasteiger partial charge is 0.137 e. The first kappa shape index (κ1) is 14.5. The topological polar surface area (TPSA) is 34.1 Å². The van der Waals surface area contributed by atoms with Gasteiger partial charge < -0.3 is 10.1 Å². The Balaban J connectivity index is 2.30. The fourth-order valence-electron chi connectivity index (χ4n) is 1.89. The van der Waals surface area contributed by atoms with E-state index >= 15 is 0 Å². The van der Waals surface area contributed by atoms with Gasteiger partial charge in [0.15, 0.2) is 0 Å². The number of nitrogens with one attached hydrogen (secondary N) is 1. The first-order valence-electron chi connectivity index (χ1n) is 6.61.